The maximum atomic E-state index is 12.8. The molecule has 138 valence electrons. The fraction of sp³-hybridized carbons (Fsp3) is 0.529. The van der Waals surface area contributed by atoms with Gasteiger partial charge < -0.3 is 16.0 Å². The van der Waals surface area contributed by atoms with Crippen LogP contribution in [0.25, 0.3) is 0 Å². The summed E-state index contributed by atoms with van der Waals surface area (Å²) in [5.74, 6) is 0.107. The Labute approximate surface area is 164 Å². The molecule has 0 bridgehead atoms. The molecule has 1 aromatic rings. The van der Waals surface area contributed by atoms with Crippen molar-refractivity contribution in [3.63, 3.8) is 0 Å². The summed E-state index contributed by atoms with van der Waals surface area (Å²) in [5, 5.41) is 9.11. The summed E-state index contributed by atoms with van der Waals surface area (Å²) in [5.41, 5.74) is 0.571. The summed E-state index contributed by atoms with van der Waals surface area (Å²) in [6.07, 6.45) is 3.74. The smallest absolute Gasteiger partial charge is 0.243 e. The SMILES string of the molecule is CN=C(NCC(=O)Nc1ccc(F)cc1)NC1CCN(C2CC2)C1.I. The molecule has 1 amide bonds. The monoisotopic (exact) mass is 461 g/mol. The number of amides is 1. The van der Waals surface area contributed by atoms with E-state index in [-0.39, 0.29) is 42.2 Å². The summed E-state index contributed by atoms with van der Waals surface area (Å²) in [6, 6.07) is 6.85. The summed E-state index contributed by atoms with van der Waals surface area (Å²) in [7, 11) is 1.70. The highest BCUT2D eigenvalue weighted by molar-refractivity contribution is 14.0. The number of carbonyl (C=O) groups is 1. The Kier molecular flexibility index (Phi) is 7.42. The number of rotatable bonds is 5. The highest BCUT2D eigenvalue weighted by Gasteiger charge is 2.34. The quantitative estimate of drug-likeness (QED) is 0.356. The molecule has 1 aliphatic carbocycles. The van der Waals surface area contributed by atoms with Crippen LogP contribution in [0.1, 0.15) is 19.3 Å². The number of hydrogen-bond donors (Lipinski definition) is 3. The average Bonchev–Trinajstić information content (AvgIpc) is 3.33. The molecule has 2 aliphatic rings. The number of likely N-dealkylation sites (tertiary alicyclic amines) is 1. The van der Waals surface area contributed by atoms with Crippen LogP contribution in [0.3, 0.4) is 0 Å². The van der Waals surface area contributed by atoms with Crippen LogP contribution in [0, 0.1) is 5.82 Å². The van der Waals surface area contributed by atoms with Gasteiger partial charge in [-0.05, 0) is 43.5 Å². The first-order valence-corrected chi connectivity index (χ1v) is 8.40. The topological polar surface area (TPSA) is 68.8 Å². The number of guanidine groups is 1. The molecular weight excluding hydrogens is 436 g/mol. The van der Waals surface area contributed by atoms with Crippen molar-refractivity contribution in [2.75, 3.05) is 32.0 Å². The zero-order valence-corrected chi connectivity index (χ0v) is 16.6. The van der Waals surface area contributed by atoms with Crippen LogP contribution < -0.4 is 16.0 Å². The maximum Gasteiger partial charge on any atom is 0.243 e. The van der Waals surface area contributed by atoms with Crippen LogP contribution in [0.2, 0.25) is 0 Å². The second kappa shape index (κ2) is 9.33. The van der Waals surface area contributed by atoms with Gasteiger partial charge in [-0.25, -0.2) is 4.39 Å². The molecule has 0 spiro atoms. The van der Waals surface area contributed by atoms with Crippen molar-refractivity contribution in [1.29, 1.82) is 0 Å². The minimum Gasteiger partial charge on any atom is -0.352 e. The number of halogens is 2. The van der Waals surface area contributed by atoms with E-state index >= 15 is 0 Å². The van der Waals surface area contributed by atoms with Crippen molar-refractivity contribution in [2.45, 2.75) is 31.3 Å². The lowest BCUT2D eigenvalue weighted by molar-refractivity contribution is -0.115. The van der Waals surface area contributed by atoms with Crippen LogP contribution in [0.15, 0.2) is 29.3 Å². The zero-order chi connectivity index (χ0) is 16.9. The molecular formula is C17H25FIN5O. The minimum atomic E-state index is -0.326. The van der Waals surface area contributed by atoms with E-state index < -0.39 is 0 Å². The van der Waals surface area contributed by atoms with Crippen LogP contribution >= 0.6 is 24.0 Å². The van der Waals surface area contributed by atoms with Crippen LogP contribution in [-0.2, 0) is 4.79 Å². The first kappa shape index (κ1) is 19.9. The summed E-state index contributed by atoms with van der Waals surface area (Å²) >= 11 is 0. The maximum absolute atomic E-state index is 12.8. The molecule has 8 heteroatoms. The van der Waals surface area contributed by atoms with Gasteiger partial charge in [0.1, 0.15) is 5.82 Å². The fourth-order valence-corrected chi connectivity index (χ4v) is 2.97. The minimum absolute atomic E-state index is 0. The van der Waals surface area contributed by atoms with E-state index in [9.17, 15) is 9.18 Å². The lowest BCUT2D eigenvalue weighted by atomic mass is 10.3. The predicted molar refractivity (Wildman–Crippen MR) is 108 cm³/mol. The Balaban J connectivity index is 0.00000225. The number of nitrogens with one attached hydrogen (secondary N) is 3. The highest BCUT2D eigenvalue weighted by atomic mass is 127. The number of anilines is 1. The molecule has 1 heterocycles. The standard InChI is InChI=1S/C17H24FN5O.HI/c1-19-17(22-14-8-9-23(11-14)15-6-7-15)20-10-16(24)21-13-4-2-12(18)3-5-13;/h2-5,14-15H,6-11H2,1H3,(H,21,24)(H2,19,20,22);1H. The predicted octanol–water partition coefficient (Wildman–Crippen LogP) is 1.78. The van der Waals surface area contributed by atoms with Crippen LogP contribution in [0.5, 0.6) is 0 Å². The normalized spacial score (nSPS) is 20.7. The van der Waals surface area contributed by atoms with Crippen molar-refractivity contribution >= 4 is 41.5 Å². The van der Waals surface area contributed by atoms with Gasteiger partial charge in [-0.1, -0.05) is 0 Å². The van der Waals surface area contributed by atoms with Gasteiger partial charge in [-0.15, -0.1) is 24.0 Å². The molecule has 0 radical (unpaired) electrons. The van der Waals surface area contributed by atoms with Gasteiger partial charge in [0.15, 0.2) is 5.96 Å². The number of aliphatic imine (C=N–C) groups is 1. The Morgan fingerprint density at radius 2 is 2.00 bits per heavy atom. The Morgan fingerprint density at radius 1 is 1.28 bits per heavy atom. The molecule has 1 aliphatic heterocycles. The Bertz CT molecular complexity index is 606. The van der Waals surface area contributed by atoms with Gasteiger partial charge >= 0.3 is 0 Å². The van der Waals surface area contributed by atoms with Gasteiger partial charge in [-0.2, -0.15) is 0 Å². The number of carbonyl (C=O) groups excluding carboxylic acids is 1. The van der Waals surface area contributed by atoms with Crippen molar-refractivity contribution in [3.05, 3.63) is 30.1 Å². The largest absolute Gasteiger partial charge is 0.352 e. The van der Waals surface area contributed by atoms with Crippen molar-refractivity contribution in [1.82, 2.24) is 15.5 Å². The van der Waals surface area contributed by atoms with E-state index in [4.69, 9.17) is 0 Å². The second-order valence-corrected chi connectivity index (χ2v) is 6.34. The number of nitrogens with zero attached hydrogens (tertiary/aromatic N) is 2. The van der Waals surface area contributed by atoms with Crippen LogP contribution in [0.4, 0.5) is 10.1 Å². The Hall–Kier alpha value is -1.42. The first-order valence-electron chi connectivity index (χ1n) is 8.40. The molecule has 1 atom stereocenters. The summed E-state index contributed by atoms with van der Waals surface area (Å²) in [6.45, 7) is 2.27. The molecule has 0 aromatic heterocycles. The Morgan fingerprint density at radius 3 is 2.64 bits per heavy atom. The summed E-state index contributed by atoms with van der Waals surface area (Å²) in [4.78, 5) is 18.6. The second-order valence-electron chi connectivity index (χ2n) is 6.34. The summed E-state index contributed by atoms with van der Waals surface area (Å²) < 4.78 is 12.8. The molecule has 6 nitrogen and oxygen atoms in total. The van der Waals surface area contributed by atoms with Crippen molar-refractivity contribution in [2.24, 2.45) is 4.99 Å². The van der Waals surface area contributed by atoms with E-state index in [1.807, 2.05) is 0 Å². The van der Waals surface area contributed by atoms with Gasteiger partial charge in [0.05, 0.1) is 6.54 Å². The fourth-order valence-electron chi connectivity index (χ4n) is 2.97. The van der Waals surface area contributed by atoms with Crippen molar-refractivity contribution in [3.8, 4) is 0 Å². The van der Waals surface area contributed by atoms with Crippen LogP contribution in [-0.4, -0.2) is 55.5 Å². The zero-order valence-electron chi connectivity index (χ0n) is 14.3. The molecule has 1 unspecified atom stereocenters. The molecule has 25 heavy (non-hydrogen) atoms. The number of hydrogen-bond acceptors (Lipinski definition) is 3. The molecule has 2 fully saturated rings. The molecule has 1 saturated heterocycles. The lowest BCUT2D eigenvalue weighted by Gasteiger charge is -2.18. The van der Waals surface area contributed by atoms with E-state index in [0.717, 1.165) is 25.6 Å². The average molecular weight is 461 g/mol. The van der Waals surface area contributed by atoms with Gasteiger partial charge in [0.25, 0.3) is 0 Å². The van der Waals surface area contributed by atoms with E-state index in [1.165, 1.54) is 37.1 Å². The first-order chi connectivity index (χ1) is 11.6. The highest BCUT2D eigenvalue weighted by Crippen LogP contribution is 2.29. The molecule has 1 saturated carbocycles. The third kappa shape index (κ3) is 6.10. The third-order valence-electron chi connectivity index (χ3n) is 4.39. The van der Waals surface area contributed by atoms with Gasteiger partial charge in [-0.3, -0.25) is 14.7 Å². The molecule has 1 aromatic carbocycles. The van der Waals surface area contributed by atoms with E-state index in [2.05, 4.69) is 25.8 Å². The van der Waals surface area contributed by atoms with E-state index in [0.29, 0.717) is 17.7 Å². The lowest BCUT2D eigenvalue weighted by Crippen LogP contribution is -2.46. The van der Waals surface area contributed by atoms with Crippen molar-refractivity contribution < 1.29 is 9.18 Å². The van der Waals surface area contributed by atoms with E-state index in [1.54, 1.807) is 7.05 Å². The molecule has 3 rings (SSSR count). The number of benzene rings is 1. The van der Waals surface area contributed by atoms with Gasteiger partial charge in [0, 0.05) is 37.9 Å². The van der Waals surface area contributed by atoms with Gasteiger partial charge in [0.2, 0.25) is 5.91 Å². The third-order valence-corrected chi connectivity index (χ3v) is 4.39. The molecule has 3 N–H and O–H groups in total.